The molecule has 1 unspecified atom stereocenters. The summed E-state index contributed by atoms with van der Waals surface area (Å²) in [5.74, 6) is -1.40. The molecular weight excluding hydrogens is 368 g/mol. The first-order valence-electron chi connectivity index (χ1n) is 9.48. The molecule has 0 saturated carbocycles. The van der Waals surface area contributed by atoms with Crippen LogP contribution >= 0.6 is 0 Å². The van der Waals surface area contributed by atoms with Crippen LogP contribution in [0.3, 0.4) is 0 Å². The van der Waals surface area contributed by atoms with Crippen LogP contribution < -0.4 is 15.8 Å². The molecule has 0 aliphatic carbocycles. The van der Waals surface area contributed by atoms with Crippen molar-refractivity contribution in [1.82, 2.24) is 15.8 Å². The minimum absolute atomic E-state index is 0.0956. The zero-order valence-electron chi connectivity index (χ0n) is 16.3. The molecule has 2 heterocycles. The largest absolute Gasteiger partial charge is 0.360 e. The van der Waals surface area contributed by atoms with Gasteiger partial charge < -0.3 is 9.88 Å². The quantitative estimate of drug-likeness (QED) is 0.600. The Balaban J connectivity index is 1.41. The van der Waals surface area contributed by atoms with Crippen LogP contribution in [-0.4, -0.2) is 29.3 Å². The minimum atomic E-state index is -0.523. The van der Waals surface area contributed by atoms with Gasteiger partial charge in [0.15, 0.2) is 0 Å². The number of aromatic nitrogens is 1. The van der Waals surface area contributed by atoms with Crippen LogP contribution in [0.15, 0.2) is 48.7 Å². The lowest BCUT2D eigenvalue weighted by Gasteiger charge is -2.20. The predicted molar refractivity (Wildman–Crippen MR) is 110 cm³/mol. The molecule has 3 aromatic rings. The highest BCUT2D eigenvalue weighted by atomic mass is 16.2. The summed E-state index contributed by atoms with van der Waals surface area (Å²) in [6.07, 6.45) is 1.72. The number of aryl methyl sites for hydroxylation is 1. The second-order valence-electron chi connectivity index (χ2n) is 7.32. The molecule has 7 heteroatoms. The second-order valence-corrected chi connectivity index (χ2v) is 7.32. The maximum absolute atomic E-state index is 12.5. The number of hydrogen-bond donors (Lipinski definition) is 3. The van der Waals surface area contributed by atoms with E-state index in [1.165, 1.54) is 0 Å². The van der Waals surface area contributed by atoms with Gasteiger partial charge in [-0.1, -0.05) is 30.3 Å². The lowest BCUT2D eigenvalue weighted by molar-refractivity contribution is -0.126. The van der Waals surface area contributed by atoms with Crippen molar-refractivity contribution in [2.75, 3.05) is 11.4 Å². The number of fused-ring (bicyclic) bond motifs is 1. The normalized spacial score (nSPS) is 16.3. The van der Waals surface area contributed by atoms with E-state index >= 15 is 0 Å². The molecule has 0 bridgehead atoms. The standard InChI is InChI=1S/C22H22N4O3/c1-13-6-5-9-19(14(13)2)26-12-15(10-20(26)27)21(28)24-25-22(29)17-11-23-18-8-4-3-7-16(17)18/h3-9,11,15,23H,10,12H2,1-2H3,(H,24,28)(H,25,29). The lowest BCUT2D eigenvalue weighted by Crippen LogP contribution is -2.45. The fourth-order valence-electron chi connectivity index (χ4n) is 3.69. The molecule has 1 aliphatic heterocycles. The number of amides is 3. The number of benzene rings is 2. The van der Waals surface area contributed by atoms with Crippen LogP contribution in [0.2, 0.25) is 0 Å². The Morgan fingerprint density at radius 3 is 2.69 bits per heavy atom. The third-order valence-corrected chi connectivity index (χ3v) is 5.50. The van der Waals surface area contributed by atoms with Gasteiger partial charge in [0.05, 0.1) is 11.5 Å². The molecule has 148 valence electrons. The van der Waals surface area contributed by atoms with Gasteiger partial charge in [-0.25, -0.2) is 0 Å². The van der Waals surface area contributed by atoms with Crippen LogP contribution in [0.25, 0.3) is 10.9 Å². The summed E-state index contributed by atoms with van der Waals surface area (Å²) in [5.41, 5.74) is 9.15. The van der Waals surface area contributed by atoms with E-state index in [0.717, 1.165) is 27.7 Å². The van der Waals surface area contributed by atoms with Crippen molar-refractivity contribution in [2.45, 2.75) is 20.3 Å². The van der Waals surface area contributed by atoms with E-state index in [1.807, 2.05) is 56.3 Å². The summed E-state index contributed by atoms with van der Waals surface area (Å²) in [7, 11) is 0. The summed E-state index contributed by atoms with van der Waals surface area (Å²) in [6.45, 7) is 4.24. The Kier molecular flexibility index (Phi) is 4.80. The van der Waals surface area contributed by atoms with E-state index in [9.17, 15) is 14.4 Å². The number of nitrogens with zero attached hydrogens (tertiary/aromatic N) is 1. The van der Waals surface area contributed by atoms with Crippen LogP contribution in [-0.2, 0) is 9.59 Å². The average Bonchev–Trinajstić information content (AvgIpc) is 3.32. The van der Waals surface area contributed by atoms with Crippen molar-refractivity contribution < 1.29 is 14.4 Å². The number of hydrogen-bond acceptors (Lipinski definition) is 3. The summed E-state index contributed by atoms with van der Waals surface area (Å²) in [6, 6.07) is 13.2. The van der Waals surface area contributed by atoms with Gasteiger partial charge in [0.25, 0.3) is 5.91 Å². The first-order valence-corrected chi connectivity index (χ1v) is 9.48. The van der Waals surface area contributed by atoms with E-state index in [1.54, 1.807) is 11.1 Å². The number of rotatable bonds is 3. The van der Waals surface area contributed by atoms with Crippen molar-refractivity contribution in [3.8, 4) is 0 Å². The fourth-order valence-corrected chi connectivity index (χ4v) is 3.69. The molecule has 7 nitrogen and oxygen atoms in total. The van der Waals surface area contributed by atoms with Crippen LogP contribution in [0, 0.1) is 19.8 Å². The number of carbonyl (C=O) groups is 3. The van der Waals surface area contributed by atoms with Crippen LogP contribution in [0.4, 0.5) is 5.69 Å². The number of aromatic amines is 1. The van der Waals surface area contributed by atoms with Gasteiger partial charge >= 0.3 is 0 Å². The lowest BCUT2D eigenvalue weighted by atomic mass is 10.1. The molecule has 0 spiro atoms. The summed E-state index contributed by atoms with van der Waals surface area (Å²) in [4.78, 5) is 42.1. The zero-order valence-corrected chi connectivity index (χ0v) is 16.3. The number of para-hydroxylation sites is 1. The Morgan fingerprint density at radius 2 is 1.86 bits per heavy atom. The van der Waals surface area contributed by atoms with Crippen molar-refractivity contribution in [3.63, 3.8) is 0 Å². The SMILES string of the molecule is Cc1cccc(N2CC(C(=O)NNC(=O)c3c[nH]c4ccccc34)CC2=O)c1C. The Bertz CT molecular complexity index is 1120. The number of hydrazine groups is 1. The van der Waals surface area contributed by atoms with Gasteiger partial charge in [0, 0.05) is 35.8 Å². The molecule has 3 N–H and O–H groups in total. The molecule has 0 radical (unpaired) electrons. The van der Waals surface area contributed by atoms with Gasteiger partial charge in [0.2, 0.25) is 11.8 Å². The average molecular weight is 390 g/mol. The van der Waals surface area contributed by atoms with Crippen molar-refractivity contribution in [3.05, 3.63) is 65.4 Å². The van der Waals surface area contributed by atoms with E-state index in [-0.39, 0.29) is 24.8 Å². The van der Waals surface area contributed by atoms with Crippen molar-refractivity contribution in [2.24, 2.45) is 5.92 Å². The van der Waals surface area contributed by atoms with E-state index in [4.69, 9.17) is 0 Å². The Labute approximate surface area is 168 Å². The molecule has 1 aromatic heterocycles. The van der Waals surface area contributed by atoms with Crippen molar-refractivity contribution >= 4 is 34.3 Å². The third kappa shape index (κ3) is 3.47. The van der Waals surface area contributed by atoms with Crippen molar-refractivity contribution in [1.29, 1.82) is 0 Å². The smallest absolute Gasteiger partial charge is 0.271 e. The molecule has 2 aromatic carbocycles. The number of H-pyrrole nitrogens is 1. The minimum Gasteiger partial charge on any atom is -0.360 e. The molecule has 1 fully saturated rings. The van der Waals surface area contributed by atoms with Gasteiger partial charge in [-0.2, -0.15) is 0 Å². The summed E-state index contributed by atoms with van der Waals surface area (Å²) >= 11 is 0. The van der Waals surface area contributed by atoms with Gasteiger partial charge in [0.1, 0.15) is 0 Å². The van der Waals surface area contributed by atoms with Gasteiger partial charge in [-0.3, -0.25) is 25.2 Å². The fraction of sp³-hybridized carbons (Fsp3) is 0.227. The highest BCUT2D eigenvalue weighted by Gasteiger charge is 2.36. The molecular formula is C22H22N4O3. The molecule has 1 atom stereocenters. The van der Waals surface area contributed by atoms with Gasteiger partial charge in [-0.15, -0.1) is 0 Å². The second kappa shape index (κ2) is 7.43. The molecule has 29 heavy (non-hydrogen) atoms. The van der Waals surface area contributed by atoms with Crippen LogP contribution in [0.5, 0.6) is 0 Å². The van der Waals surface area contributed by atoms with E-state index in [2.05, 4.69) is 15.8 Å². The molecule has 3 amide bonds. The number of anilines is 1. The summed E-state index contributed by atoms with van der Waals surface area (Å²) in [5, 5.41) is 0.774. The summed E-state index contributed by atoms with van der Waals surface area (Å²) < 4.78 is 0. The zero-order chi connectivity index (χ0) is 20.5. The molecule has 1 saturated heterocycles. The number of carbonyl (C=O) groups excluding carboxylic acids is 3. The first kappa shape index (κ1) is 18.7. The highest BCUT2D eigenvalue weighted by molar-refractivity contribution is 6.07. The van der Waals surface area contributed by atoms with Gasteiger partial charge in [-0.05, 0) is 37.1 Å². The molecule has 1 aliphatic rings. The van der Waals surface area contributed by atoms with Crippen LogP contribution in [0.1, 0.15) is 27.9 Å². The van der Waals surface area contributed by atoms with E-state index in [0.29, 0.717) is 5.56 Å². The monoisotopic (exact) mass is 390 g/mol. The predicted octanol–water partition coefficient (Wildman–Crippen LogP) is 2.60. The topological polar surface area (TPSA) is 94.3 Å². The Morgan fingerprint density at radius 1 is 1.07 bits per heavy atom. The first-order chi connectivity index (χ1) is 14.0. The number of nitrogens with one attached hydrogen (secondary N) is 3. The maximum Gasteiger partial charge on any atom is 0.271 e. The third-order valence-electron chi connectivity index (χ3n) is 5.50. The maximum atomic E-state index is 12.5. The molecule has 4 rings (SSSR count). The van der Waals surface area contributed by atoms with E-state index < -0.39 is 11.8 Å². The Hall–Kier alpha value is -3.61. The highest BCUT2D eigenvalue weighted by Crippen LogP contribution is 2.29.